The third kappa shape index (κ3) is 4.89. The maximum atomic E-state index is 13.2. The van der Waals surface area contributed by atoms with Crippen molar-refractivity contribution in [2.75, 3.05) is 5.32 Å². The lowest BCUT2D eigenvalue weighted by Crippen LogP contribution is -2.25. The summed E-state index contributed by atoms with van der Waals surface area (Å²) >= 11 is 6.09. The van der Waals surface area contributed by atoms with Crippen LogP contribution < -0.4 is 11.0 Å². The summed E-state index contributed by atoms with van der Waals surface area (Å²) in [6, 6.07) is 11.3. The highest BCUT2D eigenvalue weighted by Crippen LogP contribution is 2.31. The molecule has 0 atom stereocenters. The van der Waals surface area contributed by atoms with E-state index in [4.69, 9.17) is 11.6 Å². The summed E-state index contributed by atoms with van der Waals surface area (Å²) in [5.74, 6) is -1.01. The van der Waals surface area contributed by atoms with Crippen LogP contribution in [0.15, 0.2) is 76.7 Å². The first-order valence-corrected chi connectivity index (χ1v) is 12.6. The van der Waals surface area contributed by atoms with Crippen molar-refractivity contribution < 1.29 is 31.5 Å². The van der Waals surface area contributed by atoms with Gasteiger partial charge < -0.3 is 10.4 Å². The number of sulfone groups is 1. The highest BCUT2D eigenvalue weighted by atomic mass is 35.5. The van der Waals surface area contributed by atoms with Gasteiger partial charge in [-0.3, -0.25) is 14.3 Å². The summed E-state index contributed by atoms with van der Waals surface area (Å²) in [6.07, 6.45) is 2.82. The van der Waals surface area contributed by atoms with Crippen LogP contribution in [0, 0.1) is 6.92 Å². The zero-order chi connectivity index (χ0) is 27.8. The van der Waals surface area contributed by atoms with Crippen molar-refractivity contribution in [3.8, 4) is 11.6 Å². The first kappa shape index (κ1) is 26.9. The summed E-state index contributed by atoms with van der Waals surface area (Å²) in [7, 11) is -5.58. The van der Waals surface area contributed by atoms with Crippen molar-refractivity contribution in [2.45, 2.75) is 23.9 Å². The van der Waals surface area contributed by atoms with Crippen LogP contribution in [0.2, 0.25) is 5.02 Å². The van der Waals surface area contributed by atoms with Crippen LogP contribution in [0.4, 0.5) is 18.9 Å². The van der Waals surface area contributed by atoms with E-state index in [-0.39, 0.29) is 34.2 Å². The molecular formula is C24H18ClF3N4O5S. The van der Waals surface area contributed by atoms with Gasteiger partial charge in [0.1, 0.15) is 0 Å². The van der Waals surface area contributed by atoms with Gasteiger partial charge in [0.2, 0.25) is 5.88 Å². The molecule has 2 aromatic heterocycles. The predicted octanol–water partition coefficient (Wildman–Crippen LogP) is 4.30. The molecular weight excluding hydrogens is 549 g/mol. The zero-order valence-electron chi connectivity index (χ0n) is 19.4. The van der Waals surface area contributed by atoms with E-state index in [1.165, 1.54) is 30.0 Å². The number of amides is 1. The van der Waals surface area contributed by atoms with Crippen molar-refractivity contribution in [3.63, 3.8) is 0 Å². The van der Waals surface area contributed by atoms with Gasteiger partial charge in [-0.05, 0) is 55.0 Å². The molecule has 14 heteroatoms. The molecule has 9 nitrogen and oxygen atoms in total. The Morgan fingerprint density at radius 1 is 1.11 bits per heavy atom. The Bertz CT molecular complexity index is 1700. The first-order valence-electron chi connectivity index (χ1n) is 10.7. The predicted molar refractivity (Wildman–Crippen MR) is 132 cm³/mol. The van der Waals surface area contributed by atoms with Gasteiger partial charge in [-0.25, -0.2) is 17.8 Å². The van der Waals surface area contributed by atoms with E-state index < -0.39 is 37.7 Å². The molecule has 0 spiro atoms. The highest BCUT2D eigenvalue weighted by Gasteiger charge is 2.46. The molecule has 4 aromatic rings. The van der Waals surface area contributed by atoms with Crippen molar-refractivity contribution >= 4 is 33.0 Å². The van der Waals surface area contributed by atoms with Gasteiger partial charge in [-0.2, -0.15) is 13.2 Å². The summed E-state index contributed by atoms with van der Waals surface area (Å²) < 4.78 is 63.8. The van der Waals surface area contributed by atoms with Crippen molar-refractivity contribution in [3.05, 3.63) is 99.3 Å². The fourth-order valence-corrected chi connectivity index (χ4v) is 4.63. The van der Waals surface area contributed by atoms with E-state index >= 15 is 0 Å². The minimum atomic E-state index is -5.58. The van der Waals surface area contributed by atoms with Gasteiger partial charge in [-0.15, -0.1) is 0 Å². The molecule has 198 valence electrons. The molecule has 0 aliphatic carbocycles. The second-order valence-electron chi connectivity index (χ2n) is 8.02. The summed E-state index contributed by atoms with van der Waals surface area (Å²) in [4.78, 5) is 28.9. The molecule has 38 heavy (non-hydrogen) atoms. The van der Waals surface area contributed by atoms with Gasteiger partial charge in [-0.1, -0.05) is 23.7 Å². The maximum Gasteiger partial charge on any atom is 0.501 e. The number of aromatic hydroxyl groups is 1. The van der Waals surface area contributed by atoms with Gasteiger partial charge in [0, 0.05) is 6.20 Å². The SMILES string of the molecule is Cc1c(O)n(-c2ccc(S(=O)(=O)C(F)(F)F)cc2)c(=O)n1Cc1ccncc1NC(=O)c1ccccc1Cl. The molecule has 0 aliphatic rings. The van der Waals surface area contributed by atoms with Crippen LogP contribution in [0.25, 0.3) is 5.69 Å². The molecule has 0 radical (unpaired) electrons. The van der Waals surface area contributed by atoms with Crippen LogP contribution in [0.1, 0.15) is 21.6 Å². The number of pyridine rings is 1. The molecule has 0 saturated heterocycles. The maximum absolute atomic E-state index is 13.2. The van der Waals surface area contributed by atoms with Gasteiger partial charge in [0.05, 0.1) is 45.3 Å². The number of benzene rings is 2. The van der Waals surface area contributed by atoms with Gasteiger partial charge in [0.15, 0.2) is 0 Å². The monoisotopic (exact) mass is 566 g/mol. The van der Waals surface area contributed by atoms with E-state index in [0.29, 0.717) is 17.7 Å². The second kappa shape index (κ2) is 9.99. The number of imidazole rings is 1. The lowest BCUT2D eigenvalue weighted by atomic mass is 10.2. The smallest absolute Gasteiger partial charge is 0.493 e. The molecule has 0 aliphatic heterocycles. The van der Waals surface area contributed by atoms with E-state index in [1.807, 2.05) is 0 Å². The molecule has 2 N–H and O–H groups in total. The largest absolute Gasteiger partial charge is 0.501 e. The van der Waals surface area contributed by atoms with Gasteiger partial charge >= 0.3 is 11.2 Å². The van der Waals surface area contributed by atoms with E-state index in [1.54, 1.807) is 24.3 Å². The molecule has 2 heterocycles. The van der Waals surface area contributed by atoms with Crippen molar-refractivity contribution in [1.29, 1.82) is 0 Å². The molecule has 0 unspecified atom stereocenters. The van der Waals surface area contributed by atoms with Crippen LogP contribution in [-0.2, 0) is 16.4 Å². The number of rotatable bonds is 6. The molecule has 0 saturated carbocycles. The average molecular weight is 567 g/mol. The number of aromatic nitrogens is 3. The number of hydrogen-bond acceptors (Lipinski definition) is 6. The Hall–Kier alpha value is -4.10. The fourth-order valence-electron chi connectivity index (χ4n) is 3.64. The third-order valence-corrected chi connectivity index (χ3v) is 7.51. The van der Waals surface area contributed by atoms with Crippen LogP contribution in [-0.4, -0.2) is 39.1 Å². The Morgan fingerprint density at radius 3 is 2.39 bits per heavy atom. The number of alkyl halides is 3. The number of nitrogens with one attached hydrogen (secondary N) is 1. The molecule has 1 amide bonds. The molecule has 0 bridgehead atoms. The fraction of sp³-hybridized carbons (Fsp3) is 0.125. The normalized spacial score (nSPS) is 11.9. The van der Waals surface area contributed by atoms with Gasteiger partial charge in [0.25, 0.3) is 15.7 Å². The molecule has 2 aromatic carbocycles. The lowest BCUT2D eigenvalue weighted by molar-refractivity contribution is -0.0436. The topological polar surface area (TPSA) is 123 Å². The zero-order valence-corrected chi connectivity index (χ0v) is 21.0. The van der Waals surface area contributed by atoms with Crippen LogP contribution >= 0.6 is 11.6 Å². The Balaban J connectivity index is 1.67. The number of nitrogens with zero attached hydrogens (tertiary/aromatic N) is 3. The summed E-state index contributed by atoms with van der Waals surface area (Å²) in [5.41, 5.74) is -5.24. The van der Waals surface area contributed by atoms with Crippen molar-refractivity contribution in [1.82, 2.24) is 14.1 Å². The molecule has 0 fully saturated rings. The lowest BCUT2D eigenvalue weighted by Gasteiger charge is -2.12. The summed E-state index contributed by atoms with van der Waals surface area (Å²) in [5, 5.41) is 13.6. The van der Waals surface area contributed by atoms with E-state index in [9.17, 15) is 36.3 Å². The number of anilines is 1. The third-order valence-electron chi connectivity index (χ3n) is 5.68. The second-order valence-corrected chi connectivity index (χ2v) is 10.4. The number of carbonyl (C=O) groups is 1. The Morgan fingerprint density at radius 2 is 1.76 bits per heavy atom. The highest BCUT2D eigenvalue weighted by molar-refractivity contribution is 7.92. The summed E-state index contributed by atoms with van der Waals surface area (Å²) in [6.45, 7) is 1.32. The quantitative estimate of drug-likeness (QED) is 0.359. The van der Waals surface area contributed by atoms with Crippen molar-refractivity contribution in [2.24, 2.45) is 0 Å². The van der Waals surface area contributed by atoms with E-state index in [2.05, 4.69) is 10.3 Å². The number of carbonyl (C=O) groups excluding carboxylic acids is 1. The Kier molecular flexibility index (Phi) is 7.08. The Labute approximate surface area is 218 Å². The average Bonchev–Trinajstić information content (AvgIpc) is 3.07. The van der Waals surface area contributed by atoms with E-state index in [0.717, 1.165) is 16.7 Å². The first-order chi connectivity index (χ1) is 17.8. The minimum Gasteiger partial charge on any atom is -0.493 e. The minimum absolute atomic E-state index is 0.0579. The molecule has 4 rings (SSSR count). The number of halogens is 4. The van der Waals surface area contributed by atoms with Crippen LogP contribution in [0.5, 0.6) is 5.88 Å². The van der Waals surface area contributed by atoms with Crippen LogP contribution in [0.3, 0.4) is 0 Å². The number of hydrogen-bond donors (Lipinski definition) is 2. The standard InChI is InChI=1S/C24H18ClF3N4O5S/c1-14-22(34)32(16-6-8-17(9-7-16)38(36,37)24(26,27)28)23(35)31(14)13-15-10-11-29-12-20(15)30-21(33)18-4-2-3-5-19(18)25/h2-12,34H,13H2,1H3,(H,30,33).